The van der Waals surface area contributed by atoms with E-state index in [-0.39, 0.29) is 0 Å². The number of methoxy groups -OCH3 is 1. The molecule has 0 bridgehead atoms. The minimum atomic E-state index is -0.460. The number of benzene rings is 1. The highest BCUT2D eigenvalue weighted by Crippen LogP contribution is 2.19. The average Bonchev–Trinajstić information content (AvgIpc) is 2.90. The maximum absolute atomic E-state index is 11.7. The van der Waals surface area contributed by atoms with Gasteiger partial charge in [-0.3, -0.25) is 0 Å². The molecule has 0 fully saturated rings. The van der Waals surface area contributed by atoms with Crippen LogP contribution in [0.5, 0.6) is 0 Å². The number of aromatic nitrogens is 3. The molecular formula is C14H18N4O2. The van der Waals surface area contributed by atoms with Gasteiger partial charge in [-0.05, 0) is 18.2 Å². The number of anilines is 1. The second-order valence-corrected chi connectivity index (χ2v) is 4.33. The van der Waals surface area contributed by atoms with Crippen LogP contribution >= 0.6 is 0 Å². The van der Waals surface area contributed by atoms with Crippen LogP contribution in [0.15, 0.2) is 18.2 Å². The first-order valence-electron chi connectivity index (χ1n) is 6.53. The first kappa shape index (κ1) is 14.0. The van der Waals surface area contributed by atoms with Gasteiger partial charge in [0.15, 0.2) is 5.82 Å². The van der Waals surface area contributed by atoms with E-state index in [9.17, 15) is 4.79 Å². The van der Waals surface area contributed by atoms with Gasteiger partial charge in [-0.25, -0.2) is 14.5 Å². The Morgan fingerprint density at radius 2 is 2.10 bits per heavy atom. The number of nitrogens with zero attached hydrogens (tertiary/aromatic N) is 3. The molecule has 0 atom stereocenters. The van der Waals surface area contributed by atoms with Gasteiger partial charge in [0.05, 0.1) is 18.4 Å². The van der Waals surface area contributed by atoms with E-state index in [0.717, 1.165) is 30.2 Å². The van der Waals surface area contributed by atoms with Crippen LogP contribution in [0.2, 0.25) is 0 Å². The van der Waals surface area contributed by atoms with Gasteiger partial charge in [0.2, 0.25) is 0 Å². The highest BCUT2D eigenvalue weighted by atomic mass is 16.5. The third kappa shape index (κ3) is 2.49. The molecule has 0 aliphatic carbocycles. The summed E-state index contributed by atoms with van der Waals surface area (Å²) in [4.78, 5) is 16.1. The molecule has 1 heterocycles. The summed E-state index contributed by atoms with van der Waals surface area (Å²) in [5.74, 6) is 1.17. The van der Waals surface area contributed by atoms with Crippen molar-refractivity contribution < 1.29 is 9.53 Å². The van der Waals surface area contributed by atoms with Crippen LogP contribution in [0.1, 0.15) is 35.9 Å². The van der Waals surface area contributed by atoms with Crippen molar-refractivity contribution in [1.29, 1.82) is 0 Å². The average molecular weight is 274 g/mol. The van der Waals surface area contributed by atoms with Crippen LogP contribution in [0.4, 0.5) is 5.69 Å². The number of nitrogen functional groups attached to an aromatic ring is 1. The van der Waals surface area contributed by atoms with E-state index in [1.54, 1.807) is 16.8 Å². The van der Waals surface area contributed by atoms with Crippen molar-refractivity contribution in [3.05, 3.63) is 35.4 Å². The minimum Gasteiger partial charge on any atom is -0.465 e. The summed E-state index contributed by atoms with van der Waals surface area (Å²) in [7, 11) is 1.33. The maximum atomic E-state index is 11.7. The van der Waals surface area contributed by atoms with Gasteiger partial charge in [0.25, 0.3) is 0 Å². The van der Waals surface area contributed by atoms with Crippen molar-refractivity contribution in [3.63, 3.8) is 0 Å². The third-order valence-electron chi connectivity index (χ3n) is 3.04. The lowest BCUT2D eigenvalue weighted by molar-refractivity contribution is 0.0602. The summed E-state index contributed by atoms with van der Waals surface area (Å²) >= 11 is 0. The van der Waals surface area contributed by atoms with E-state index in [1.165, 1.54) is 7.11 Å². The minimum absolute atomic E-state index is 0.334. The molecule has 6 nitrogen and oxygen atoms in total. The smallest absolute Gasteiger partial charge is 0.340 e. The van der Waals surface area contributed by atoms with Crippen LogP contribution in [0.25, 0.3) is 5.69 Å². The first-order chi connectivity index (χ1) is 9.60. The number of aryl methyl sites for hydroxylation is 2. The molecule has 0 saturated carbocycles. The Hall–Kier alpha value is -2.37. The fourth-order valence-corrected chi connectivity index (χ4v) is 1.94. The number of rotatable bonds is 4. The highest BCUT2D eigenvalue weighted by molar-refractivity contribution is 5.95. The molecule has 1 aromatic carbocycles. The van der Waals surface area contributed by atoms with Crippen LogP contribution in [0, 0.1) is 0 Å². The fourth-order valence-electron chi connectivity index (χ4n) is 1.94. The van der Waals surface area contributed by atoms with Gasteiger partial charge in [-0.2, -0.15) is 5.10 Å². The summed E-state index contributed by atoms with van der Waals surface area (Å²) in [6.07, 6.45) is 1.52. The van der Waals surface area contributed by atoms with Gasteiger partial charge in [0, 0.05) is 18.5 Å². The summed E-state index contributed by atoms with van der Waals surface area (Å²) in [6, 6.07) is 5.16. The third-order valence-corrected chi connectivity index (χ3v) is 3.04. The summed E-state index contributed by atoms with van der Waals surface area (Å²) in [6.45, 7) is 4.01. The zero-order valence-corrected chi connectivity index (χ0v) is 11.9. The zero-order chi connectivity index (χ0) is 14.7. The zero-order valence-electron chi connectivity index (χ0n) is 11.9. The van der Waals surface area contributed by atoms with Crippen molar-refractivity contribution in [1.82, 2.24) is 14.8 Å². The summed E-state index contributed by atoms with van der Waals surface area (Å²) in [5.41, 5.74) is 7.27. The molecule has 0 spiro atoms. The van der Waals surface area contributed by atoms with Crippen molar-refractivity contribution in [3.8, 4) is 5.69 Å². The van der Waals surface area contributed by atoms with Crippen molar-refractivity contribution in [2.45, 2.75) is 26.7 Å². The molecule has 2 aromatic rings. The molecular weight excluding hydrogens is 256 g/mol. The quantitative estimate of drug-likeness (QED) is 0.678. The number of esters is 1. The van der Waals surface area contributed by atoms with E-state index in [0.29, 0.717) is 11.3 Å². The molecule has 1 aromatic heterocycles. The Kier molecular flexibility index (Phi) is 4.02. The topological polar surface area (TPSA) is 83.0 Å². The van der Waals surface area contributed by atoms with E-state index < -0.39 is 5.97 Å². The fraction of sp³-hybridized carbons (Fsp3) is 0.357. The molecule has 2 N–H and O–H groups in total. The van der Waals surface area contributed by atoms with Crippen molar-refractivity contribution >= 4 is 11.7 Å². The van der Waals surface area contributed by atoms with E-state index in [4.69, 9.17) is 10.5 Å². The molecule has 106 valence electrons. The molecule has 2 rings (SSSR count). The predicted octanol–water partition coefficient (Wildman–Crippen LogP) is 1.76. The molecule has 0 amide bonds. The molecule has 0 radical (unpaired) electrons. The number of hydrogen-bond donors (Lipinski definition) is 1. The largest absolute Gasteiger partial charge is 0.465 e. The van der Waals surface area contributed by atoms with Gasteiger partial charge in [-0.1, -0.05) is 13.8 Å². The van der Waals surface area contributed by atoms with Crippen molar-refractivity contribution in [2.75, 3.05) is 12.8 Å². The summed E-state index contributed by atoms with van der Waals surface area (Å²) < 4.78 is 6.47. The van der Waals surface area contributed by atoms with Gasteiger partial charge in [-0.15, -0.1) is 0 Å². The molecule has 20 heavy (non-hydrogen) atoms. The molecule has 0 aliphatic rings. The molecule has 0 unspecified atom stereocenters. The Morgan fingerprint density at radius 1 is 1.35 bits per heavy atom. The standard InChI is InChI=1S/C14H18N4O2/c1-4-12-16-13(5-2)18(17-12)9-6-7-11(15)10(8-9)14(19)20-3/h6-8H,4-5,15H2,1-3H3. The lowest BCUT2D eigenvalue weighted by Gasteiger charge is -2.08. The molecule has 0 saturated heterocycles. The van der Waals surface area contributed by atoms with Crippen LogP contribution in [-0.4, -0.2) is 27.8 Å². The van der Waals surface area contributed by atoms with Gasteiger partial charge >= 0.3 is 5.97 Å². The van der Waals surface area contributed by atoms with Gasteiger partial charge < -0.3 is 10.5 Å². The number of hydrogen-bond acceptors (Lipinski definition) is 5. The number of nitrogens with two attached hydrogens (primary N) is 1. The Labute approximate surface area is 117 Å². The molecule has 0 aliphatic heterocycles. The van der Waals surface area contributed by atoms with Crippen LogP contribution in [0.3, 0.4) is 0 Å². The van der Waals surface area contributed by atoms with Gasteiger partial charge in [0.1, 0.15) is 5.82 Å². The van der Waals surface area contributed by atoms with E-state index in [1.807, 2.05) is 19.9 Å². The lowest BCUT2D eigenvalue weighted by Crippen LogP contribution is -2.09. The molecule has 6 heteroatoms. The first-order valence-corrected chi connectivity index (χ1v) is 6.53. The Bertz CT molecular complexity index is 634. The predicted molar refractivity (Wildman–Crippen MR) is 75.9 cm³/mol. The monoisotopic (exact) mass is 274 g/mol. The number of carbonyl (C=O) groups excluding carboxylic acids is 1. The van der Waals surface area contributed by atoms with Crippen LogP contribution < -0.4 is 5.73 Å². The SMILES string of the molecule is CCc1nc(CC)n(-c2ccc(N)c(C(=O)OC)c2)n1. The lowest BCUT2D eigenvalue weighted by atomic mass is 10.1. The maximum Gasteiger partial charge on any atom is 0.340 e. The number of carbonyl (C=O) groups is 1. The van der Waals surface area contributed by atoms with E-state index in [2.05, 4.69) is 10.1 Å². The number of ether oxygens (including phenoxy) is 1. The Morgan fingerprint density at radius 3 is 2.70 bits per heavy atom. The van der Waals surface area contributed by atoms with E-state index >= 15 is 0 Å². The van der Waals surface area contributed by atoms with Crippen molar-refractivity contribution in [2.24, 2.45) is 0 Å². The summed E-state index contributed by atoms with van der Waals surface area (Å²) in [5, 5.41) is 4.44. The second-order valence-electron chi connectivity index (χ2n) is 4.33. The highest BCUT2D eigenvalue weighted by Gasteiger charge is 2.14. The Balaban J connectivity index is 2.53. The second kappa shape index (κ2) is 5.73. The normalized spacial score (nSPS) is 10.6. The van der Waals surface area contributed by atoms with Crippen LogP contribution in [-0.2, 0) is 17.6 Å².